The minimum Gasteiger partial charge on any atom is -0.464 e. The Balaban J connectivity index is 1.95. The molecule has 1 aromatic rings. The molecule has 9 heteroatoms. The summed E-state index contributed by atoms with van der Waals surface area (Å²) in [6, 6.07) is 4.81. The van der Waals surface area contributed by atoms with Gasteiger partial charge in [0.1, 0.15) is 5.71 Å². The van der Waals surface area contributed by atoms with Crippen LogP contribution in [-0.2, 0) is 19.1 Å². The van der Waals surface area contributed by atoms with E-state index in [4.69, 9.17) is 9.47 Å². The van der Waals surface area contributed by atoms with Crippen molar-refractivity contribution in [2.75, 3.05) is 6.61 Å². The predicted molar refractivity (Wildman–Crippen MR) is 90.8 cm³/mol. The maximum Gasteiger partial charge on any atom is 0.331 e. The smallest absolute Gasteiger partial charge is 0.331 e. The molecule has 138 valence electrons. The molecule has 0 spiro atoms. The Morgan fingerprint density at radius 2 is 2.00 bits per heavy atom. The normalized spacial score (nSPS) is 29.5. The fourth-order valence-corrected chi connectivity index (χ4v) is 3.03. The zero-order chi connectivity index (χ0) is 19.1. The molecule has 1 N–H and O–H groups in total. The third-order valence-electron chi connectivity index (χ3n) is 4.78. The molecule has 3 rings (SSSR count). The Labute approximate surface area is 149 Å². The number of carbonyl (C=O) groups is 2. The molecule has 1 fully saturated rings. The number of hydrogen-bond donors (Lipinski definition) is 1. The zero-order valence-electron chi connectivity index (χ0n) is 14.6. The molecular formula is C17H19N3O6. The van der Waals surface area contributed by atoms with Gasteiger partial charge < -0.3 is 9.47 Å². The molecule has 0 aliphatic carbocycles. The van der Waals surface area contributed by atoms with E-state index in [1.807, 2.05) is 0 Å². The van der Waals surface area contributed by atoms with Gasteiger partial charge in [0, 0.05) is 12.1 Å². The van der Waals surface area contributed by atoms with Crippen molar-refractivity contribution in [3.8, 4) is 0 Å². The highest BCUT2D eigenvalue weighted by atomic mass is 16.6. The van der Waals surface area contributed by atoms with Gasteiger partial charge in [-0.25, -0.2) is 4.79 Å². The first-order valence-electron chi connectivity index (χ1n) is 8.26. The summed E-state index contributed by atoms with van der Waals surface area (Å²) in [5, 5.41) is 14.9. The molecule has 1 saturated heterocycles. The van der Waals surface area contributed by atoms with E-state index in [1.54, 1.807) is 20.8 Å². The van der Waals surface area contributed by atoms with Crippen LogP contribution in [0.1, 0.15) is 32.3 Å². The minimum atomic E-state index is -0.969. The lowest BCUT2D eigenvalue weighted by molar-refractivity contribution is -0.384. The van der Waals surface area contributed by atoms with Gasteiger partial charge in [0.15, 0.2) is 11.6 Å². The van der Waals surface area contributed by atoms with E-state index in [0.29, 0.717) is 5.56 Å². The Bertz CT molecular complexity index is 790. The lowest BCUT2D eigenvalue weighted by Gasteiger charge is -2.20. The van der Waals surface area contributed by atoms with Gasteiger partial charge in [-0.1, -0.05) is 12.1 Å². The van der Waals surface area contributed by atoms with E-state index in [9.17, 15) is 19.7 Å². The summed E-state index contributed by atoms with van der Waals surface area (Å²) in [4.78, 5) is 35.5. The number of esters is 1. The number of non-ortho nitro benzene ring substituents is 1. The number of epoxide rings is 1. The number of carbonyl (C=O) groups excluding carboxylic acids is 2. The highest BCUT2D eigenvalue weighted by Gasteiger charge is 2.59. The second-order valence-corrected chi connectivity index (χ2v) is 6.38. The first-order valence-corrected chi connectivity index (χ1v) is 8.26. The van der Waals surface area contributed by atoms with Crippen LogP contribution in [0.4, 0.5) is 5.69 Å². The number of ether oxygens (including phenoxy) is 2. The molecule has 0 bridgehead atoms. The average molecular weight is 361 g/mol. The Kier molecular flexibility index (Phi) is 4.49. The minimum absolute atomic E-state index is 0.0803. The third-order valence-corrected chi connectivity index (χ3v) is 4.78. The number of nitro groups is 1. The van der Waals surface area contributed by atoms with E-state index in [-0.39, 0.29) is 29.9 Å². The SMILES string of the molecule is CCOC(=O)[C@@H]1NN=C(C(=O)C2(C)OC2C)[C@H]1c1ccc([N+](=O)[O-])cc1. The van der Waals surface area contributed by atoms with E-state index < -0.39 is 28.5 Å². The van der Waals surface area contributed by atoms with Gasteiger partial charge in [0.05, 0.1) is 23.6 Å². The summed E-state index contributed by atoms with van der Waals surface area (Å²) >= 11 is 0. The molecule has 9 nitrogen and oxygen atoms in total. The van der Waals surface area contributed by atoms with Gasteiger partial charge in [0.25, 0.3) is 5.69 Å². The predicted octanol–water partition coefficient (Wildman–Crippen LogP) is 1.32. The first-order chi connectivity index (χ1) is 12.3. The van der Waals surface area contributed by atoms with Crippen LogP contribution in [-0.4, -0.2) is 46.7 Å². The molecule has 2 aliphatic heterocycles. The number of nitro benzene ring substituents is 1. The summed E-state index contributed by atoms with van der Waals surface area (Å²) in [6.07, 6.45) is -0.239. The number of hydrogen-bond acceptors (Lipinski definition) is 8. The molecule has 0 saturated carbocycles. The van der Waals surface area contributed by atoms with Crippen LogP contribution in [0.2, 0.25) is 0 Å². The van der Waals surface area contributed by atoms with E-state index in [2.05, 4.69) is 10.5 Å². The second kappa shape index (κ2) is 6.49. The topological polar surface area (TPSA) is 123 Å². The van der Waals surface area contributed by atoms with Crippen molar-refractivity contribution in [1.29, 1.82) is 0 Å². The van der Waals surface area contributed by atoms with Crippen molar-refractivity contribution in [3.05, 3.63) is 39.9 Å². The highest BCUT2D eigenvalue weighted by Crippen LogP contribution is 2.40. The molecular weight excluding hydrogens is 342 g/mol. The van der Waals surface area contributed by atoms with Crippen molar-refractivity contribution in [1.82, 2.24) is 5.43 Å². The van der Waals surface area contributed by atoms with Crippen molar-refractivity contribution < 1.29 is 24.0 Å². The monoisotopic (exact) mass is 361 g/mol. The van der Waals surface area contributed by atoms with Gasteiger partial charge in [-0.2, -0.15) is 5.10 Å². The van der Waals surface area contributed by atoms with Crippen molar-refractivity contribution in [2.24, 2.45) is 5.10 Å². The van der Waals surface area contributed by atoms with Gasteiger partial charge in [-0.15, -0.1) is 0 Å². The van der Waals surface area contributed by atoms with Crippen molar-refractivity contribution >= 4 is 23.2 Å². The maximum absolute atomic E-state index is 12.9. The number of Topliss-reactive ketones (excluding diaryl/α,β-unsaturated/α-hetero) is 1. The summed E-state index contributed by atoms with van der Waals surface area (Å²) in [5.41, 5.74) is 2.34. The van der Waals surface area contributed by atoms with E-state index in [1.165, 1.54) is 24.3 Å². The number of ketones is 1. The van der Waals surface area contributed by atoms with Crippen LogP contribution in [0.5, 0.6) is 0 Å². The van der Waals surface area contributed by atoms with Gasteiger partial charge in [-0.05, 0) is 26.3 Å². The molecule has 2 aliphatic rings. The van der Waals surface area contributed by atoms with Gasteiger partial charge >= 0.3 is 5.97 Å². The van der Waals surface area contributed by atoms with Gasteiger partial charge in [0.2, 0.25) is 5.78 Å². The molecule has 0 amide bonds. The van der Waals surface area contributed by atoms with Crippen LogP contribution in [0.15, 0.2) is 29.4 Å². The fourth-order valence-electron chi connectivity index (χ4n) is 3.03. The number of hydrazone groups is 1. The lowest BCUT2D eigenvalue weighted by Crippen LogP contribution is -2.41. The van der Waals surface area contributed by atoms with Crippen LogP contribution in [0, 0.1) is 10.1 Å². The molecule has 1 aromatic carbocycles. The number of nitrogens with zero attached hydrogens (tertiary/aromatic N) is 2. The van der Waals surface area contributed by atoms with Crippen molar-refractivity contribution in [3.63, 3.8) is 0 Å². The van der Waals surface area contributed by atoms with E-state index in [0.717, 1.165) is 0 Å². The largest absolute Gasteiger partial charge is 0.464 e. The number of rotatable bonds is 6. The number of nitrogens with one attached hydrogen (secondary N) is 1. The third kappa shape index (κ3) is 2.94. The molecule has 0 aromatic heterocycles. The molecule has 0 radical (unpaired) electrons. The Morgan fingerprint density at radius 3 is 2.50 bits per heavy atom. The molecule has 2 heterocycles. The van der Waals surface area contributed by atoms with Crippen LogP contribution in [0.3, 0.4) is 0 Å². The van der Waals surface area contributed by atoms with Crippen LogP contribution in [0.25, 0.3) is 0 Å². The summed E-state index contributed by atoms with van der Waals surface area (Å²) in [6.45, 7) is 5.32. The Morgan fingerprint density at radius 1 is 1.38 bits per heavy atom. The Hall–Kier alpha value is -2.81. The summed E-state index contributed by atoms with van der Waals surface area (Å²) in [5.74, 6) is -1.57. The zero-order valence-corrected chi connectivity index (χ0v) is 14.6. The standard InChI is InChI=1S/C17H19N3O6/c1-4-25-16(22)14-12(10-5-7-11(8-6-10)20(23)24)13(18-19-14)15(21)17(3)9(2)26-17/h5-9,12,14,19H,4H2,1-3H3/t9?,12-,14-,17?/m1/s1. The summed E-state index contributed by atoms with van der Waals surface area (Å²) in [7, 11) is 0. The summed E-state index contributed by atoms with van der Waals surface area (Å²) < 4.78 is 10.5. The maximum atomic E-state index is 12.9. The van der Waals surface area contributed by atoms with Crippen molar-refractivity contribution in [2.45, 2.75) is 44.4 Å². The van der Waals surface area contributed by atoms with E-state index >= 15 is 0 Å². The molecule has 26 heavy (non-hydrogen) atoms. The molecule has 4 atom stereocenters. The highest BCUT2D eigenvalue weighted by molar-refractivity contribution is 6.46. The van der Waals surface area contributed by atoms with Crippen LogP contribution >= 0.6 is 0 Å². The quantitative estimate of drug-likeness (QED) is 0.351. The lowest BCUT2D eigenvalue weighted by atomic mass is 9.83. The fraction of sp³-hybridized carbons (Fsp3) is 0.471. The first kappa shape index (κ1) is 18.0. The average Bonchev–Trinajstić information content (AvgIpc) is 3.05. The van der Waals surface area contributed by atoms with Crippen LogP contribution < -0.4 is 5.43 Å². The van der Waals surface area contributed by atoms with Gasteiger partial charge in [-0.3, -0.25) is 20.3 Å². The molecule has 2 unspecified atom stereocenters. The number of benzene rings is 1. The second-order valence-electron chi connectivity index (χ2n) is 6.38.